The van der Waals surface area contributed by atoms with Crippen molar-refractivity contribution in [2.45, 2.75) is 13.8 Å². The van der Waals surface area contributed by atoms with E-state index in [4.69, 9.17) is 15.2 Å². The molecule has 0 aromatic heterocycles. The van der Waals surface area contributed by atoms with Crippen molar-refractivity contribution in [2.75, 3.05) is 50.2 Å². The molecule has 1 aromatic rings. The second-order valence-corrected chi connectivity index (χ2v) is 4.38. The lowest BCUT2D eigenvalue weighted by Gasteiger charge is -2.25. The molecule has 0 aliphatic rings. The highest BCUT2D eigenvalue weighted by Crippen LogP contribution is 2.27. The maximum atomic E-state index is 10.8. The van der Waals surface area contributed by atoms with E-state index in [1.165, 1.54) is 12.1 Å². The summed E-state index contributed by atoms with van der Waals surface area (Å²) in [6.07, 6.45) is 0. The van der Waals surface area contributed by atoms with Crippen molar-refractivity contribution >= 4 is 17.1 Å². The second-order valence-electron chi connectivity index (χ2n) is 4.38. The summed E-state index contributed by atoms with van der Waals surface area (Å²) in [6, 6.07) is 4.51. The molecule has 0 fully saturated rings. The third-order valence-electron chi connectivity index (χ3n) is 2.98. The molecule has 0 saturated heterocycles. The Hall–Kier alpha value is -1.86. The third-order valence-corrected chi connectivity index (χ3v) is 2.98. The molecule has 0 aliphatic carbocycles. The van der Waals surface area contributed by atoms with E-state index in [1.54, 1.807) is 6.07 Å². The molecule has 0 saturated carbocycles. The van der Waals surface area contributed by atoms with E-state index in [1.807, 2.05) is 18.7 Å². The molecular formula is C14H23N3O4. The maximum Gasteiger partial charge on any atom is 0.271 e. The fourth-order valence-electron chi connectivity index (χ4n) is 1.93. The van der Waals surface area contributed by atoms with Crippen LogP contribution in [0.15, 0.2) is 18.2 Å². The molecule has 0 unspecified atom stereocenters. The van der Waals surface area contributed by atoms with Crippen LogP contribution in [0.4, 0.5) is 17.1 Å². The Bertz CT molecular complexity index is 444. The van der Waals surface area contributed by atoms with Crippen LogP contribution >= 0.6 is 0 Å². The SMILES string of the molecule is CCOCCN(CCOCC)c1ccc([N+](=O)[O-])cc1N. The summed E-state index contributed by atoms with van der Waals surface area (Å²) in [4.78, 5) is 12.3. The van der Waals surface area contributed by atoms with E-state index in [0.717, 1.165) is 5.69 Å². The molecule has 0 bridgehead atoms. The number of nitro groups is 1. The minimum absolute atomic E-state index is 0.00850. The molecule has 0 heterocycles. The Kier molecular flexibility index (Phi) is 7.49. The van der Waals surface area contributed by atoms with Crippen molar-refractivity contribution in [1.29, 1.82) is 0 Å². The molecule has 7 heteroatoms. The average Bonchev–Trinajstić information content (AvgIpc) is 2.46. The zero-order valence-electron chi connectivity index (χ0n) is 12.6. The van der Waals surface area contributed by atoms with Crippen molar-refractivity contribution in [2.24, 2.45) is 0 Å². The van der Waals surface area contributed by atoms with Gasteiger partial charge >= 0.3 is 0 Å². The molecular weight excluding hydrogens is 274 g/mol. The van der Waals surface area contributed by atoms with E-state index in [9.17, 15) is 10.1 Å². The summed E-state index contributed by atoms with van der Waals surface area (Å²) >= 11 is 0. The summed E-state index contributed by atoms with van der Waals surface area (Å²) in [5.41, 5.74) is 7.08. The first-order chi connectivity index (χ1) is 10.1. The third kappa shape index (κ3) is 5.57. The minimum atomic E-state index is -0.454. The number of nitrogen functional groups attached to an aromatic ring is 1. The van der Waals surface area contributed by atoms with Gasteiger partial charge in [-0.1, -0.05) is 0 Å². The number of nitro benzene ring substituents is 1. The maximum absolute atomic E-state index is 10.8. The van der Waals surface area contributed by atoms with Gasteiger partial charge < -0.3 is 20.1 Å². The highest BCUT2D eigenvalue weighted by molar-refractivity contribution is 5.70. The molecule has 0 aliphatic heterocycles. The highest BCUT2D eigenvalue weighted by Gasteiger charge is 2.14. The molecule has 0 spiro atoms. The summed E-state index contributed by atoms with van der Waals surface area (Å²) in [5.74, 6) is 0. The van der Waals surface area contributed by atoms with Crippen LogP contribution in [0.25, 0.3) is 0 Å². The Morgan fingerprint density at radius 1 is 1.19 bits per heavy atom. The van der Waals surface area contributed by atoms with E-state index >= 15 is 0 Å². The zero-order chi connectivity index (χ0) is 15.7. The summed E-state index contributed by atoms with van der Waals surface area (Å²) in [5, 5.41) is 10.8. The molecule has 118 valence electrons. The number of nitrogens with zero attached hydrogens (tertiary/aromatic N) is 2. The highest BCUT2D eigenvalue weighted by atomic mass is 16.6. The van der Waals surface area contributed by atoms with Crippen molar-refractivity contribution in [3.05, 3.63) is 28.3 Å². The first-order valence-electron chi connectivity index (χ1n) is 7.04. The van der Waals surface area contributed by atoms with Gasteiger partial charge in [-0.2, -0.15) is 0 Å². The van der Waals surface area contributed by atoms with Crippen LogP contribution in [0.3, 0.4) is 0 Å². The number of benzene rings is 1. The summed E-state index contributed by atoms with van der Waals surface area (Å²) in [6.45, 7) is 7.61. The smallest absolute Gasteiger partial charge is 0.271 e. The van der Waals surface area contributed by atoms with E-state index < -0.39 is 4.92 Å². The first-order valence-corrected chi connectivity index (χ1v) is 7.04. The lowest BCUT2D eigenvalue weighted by atomic mass is 10.2. The predicted octanol–water partition coefficient (Wildman–Crippen LogP) is 2.06. The fraction of sp³-hybridized carbons (Fsp3) is 0.571. The van der Waals surface area contributed by atoms with E-state index in [-0.39, 0.29) is 5.69 Å². The summed E-state index contributed by atoms with van der Waals surface area (Å²) < 4.78 is 10.7. The number of hydrogen-bond donors (Lipinski definition) is 1. The first kappa shape index (κ1) is 17.2. The molecule has 1 rings (SSSR count). The molecule has 0 amide bonds. The number of nitrogens with two attached hydrogens (primary N) is 1. The van der Waals surface area contributed by atoms with Crippen molar-refractivity contribution in [3.63, 3.8) is 0 Å². The van der Waals surface area contributed by atoms with Gasteiger partial charge in [-0.15, -0.1) is 0 Å². The quantitative estimate of drug-likeness (QED) is 0.307. The van der Waals surface area contributed by atoms with Gasteiger partial charge in [-0.3, -0.25) is 10.1 Å². The normalized spacial score (nSPS) is 10.6. The van der Waals surface area contributed by atoms with Gasteiger partial charge in [0.05, 0.1) is 29.5 Å². The molecule has 21 heavy (non-hydrogen) atoms. The lowest BCUT2D eigenvalue weighted by molar-refractivity contribution is -0.384. The topological polar surface area (TPSA) is 90.9 Å². The van der Waals surface area contributed by atoms with Gasteiger partial charge in [-0.05, 0) is 19.9 Å². The van der Waals surface area contributed by atoms with E-state index in [2.05, 4.69) is 0 Å². The molecule has 0 atom stereocenters. The van der Waals surface area contributed by atoms with Crippen LogP contribution < -0.4 is 10.6 Å². The van der Waals surface area contributed by atoms with Crippen LogP contribution in [-0.2, 0) is 9.47 Å². The van der Waals surface area contributed by atoms with Crippen molar-refractivity contribution in [1.82, 2.24) is 0 Å². The Balaban J connectivity index is 2.82. The van der Waals surface area contributed by atoms with Crippen LogP contribution in [0.1, 0.15) is 13.8 Å². The van der Waals surface area contributed by atoms with E-state index in [0.29, 0.717) is 45.2 Å². The second kappa shape index (κ2) is 9.15. The Labute approximate surface area is 124 Å². The standard InChI is InChI=1S/C14H23N3O4/c1-3-20-9-7-16(8-10-21-4-2)14-6-5-12(17(18)19)11-13(14)15/h5-6,11H,3-4,7-10,15H2,1-2H3. The number of ether oxygens (including phenoxy) is 2. The molecule has 2 N–H and O–H groups in total. The van der Waals surface area contributed by atoms with Crippen molar-refractivity contribution < 1.29 is 14.4 Å². The Morgan fingerprint density at radius 2 is 1.76 bits per heavy atom. The zero-order valence-corrected chi connectivity index (χ0v) is 12.6. The number of hydrogen-bond acceptors (Lipinski definition) is 6. The van der Waals surface area contributed by atoms with Gasteiger partial charge in [0.2, 0.25) is 0 Å². The van der Waals surface area contributed by atoms with Crippen LogP contribution in [-0.4, -0.2) is 44.4 Å². The number of rotatable bonds is 10. The van der Waals surface area contributed by atoms with Gasteiger partial charge in [0.1, 0.15) is 0 Å². The van der Waals surface area contributed by atoms with Gasteiger partial charge in [0.25, 0.3) is 5.69 Å². The van der Waals surface area contributed by atoms with Gasteiger partial charge in [0, 0.05) is 38.4 Å². The average molecular weight is 297 g/mol. The van der Waals surface area contributed by atoms with Gasteiger partial charge in [0.15, 0.2) is 0 Å². The van der Waals surface area contributed by atoms with Crippen molar-refractivity contribution in [3.8, 4) is 0 Å². The molecule has 1 aromatic carbocycles. The summed E-state index contributed by atoms with van der Waals surface area (Å²) in [7, 11) is 0. The monoisotopic (exact) mass is 297 g/mol. The fourth-order valence-corrected chi connectivity index (χ4v) is 1.93. The molecule has 7 nitrogen and oxygen atoms in total. The lowest BCUT2D eigenvalue weighted by Crippen LogP contribution is -2.31. The predicted molar refractivity (Wildman–Crippen MR) is 82.7 cm³/mol. The Morgan fingerprint density at radius 3 is 2.19 bits per heavy atom. The number of non-ortho nitro benzene ring substituents is 1. The van der Waals surface area contributed by atoms with Crippen LogP contribution in [0, 0.1) is 10.1 Å². The van der Waals surface area contributed by atoms with Crippen LogP contribution in [0.5, 0.6) is 0 Å². The molecule has 0 radical (unpaired) electrons. The van der Waals surface area contributed by atoms with Crippen LogP contribution in [0.2, 0.25) is 0 Å². The number of anilines is 2. The largest absolute Gasteiger partial charge is 0.397 e. The minimum Gasteiger partial charge on any atom is -0.397 e. The van der Waals surface area contributed by atoms with Gasteiger partial charge in [-0.25, -0.2) is 0 Å².